The number of aromatic nitrogens is 3. The minimum Gasteiger partial charge on any atom is -0.309 e. The number of likely N-dealkylation sites (tertiary alicyclic amines) is 1. The Morgan fingerprint density at radius 3 is 2.58 bits per heavy atom. The standard InChI is InChI=1S/C12H19N5O2/c1-9(2)13-7-10-8-16(15-14-10)5-6-17-11(18)3-4-12(17)19/h8-9,13H,3-7H2,1-2H3. The first kappa shape index (κ1) is 13.7. The first-order chi connectivity index (χ1) is 9.06. The number of nitrogens with zero attached hydrogens (tertiary/aromatic N) is 4. The highest BCUT2D eigenvalue weighted by atomic mass is 16.2. The maximum Gasteiger partial charge on any atom is 0.229 e. The summed E-state index contributed by atoms with van der Waals surface area (Å²) in [5.74, 6) is -0.182. The Kier molecular flexibility index (Phi) is 4.26. The normalized spacial score (nSPS) is 15.8. The average Bonchev–Trinajstić information content (AvgIpc) is 2.93. The molecule has 1 saturated heterocycles. The van der Waals surface area contributed by atoms with E-state index in [9.17, 15) is 9.59 Å². The minimum absolute atomic E-state index is 0.0909. The monoisotopic (exact) mass is 265 g/mol. The van der Waals surface area contributed by atoms with E-state index in [2.05, 4.69) is 29.5 Å². The van der Waals surface area contributed by atoms with Crippen LogP contribution in [0.15, 0.2) is 6.20 Å². The van der Waals surface area contributed by atoms with Gasteiger partial charge < -0.3 is 5.32 Å². The SMILES string of the molecule is CC(C)NCc1cn(CCN2C(=O)CCC2=O)nn1. The van der Waals surface area contributed by atoms with Crippen LogP contribution in [-0.4, -0.2) is 44.3 Å². The highest BCUT2D eigenvalue weighted by molar-refractivity contribution is 6.01. The van der Waals surface area contributed by atoms with E-state index in [1.54, 1.807) is 4.68 Å². The van der Waals surface area contributed by atoms with Gasteiger partial charge in [-0.2, -0.15) is 0 Å². The van der Waals surface area contributed by atoms with Gasteiger partial charge in [-0.1, -0.05) is 19.1 Å². The van der Waals surface area contributed by atoms with Gasteiger partial charge in [0.05, 0.1) is 12.2 Å². The largest absolute Gasteiger partial charge is 0.309 e. The van der Waals surface area contributed by atoms with Crippen molar-refractivity contribution in [2.45, 2.75) is 45.8 Å². The second kappa shape index (κ2) is 5.92. The van der Waals surface area contributed by atoms with Gasteiger partial charge in [0.2, 0.25) is 11.8 Å². The molecule has 0 bridgehead atoms. The van der Waals surface area contributed by atoms with Crippen LogP contribution >= 0.6 is 0 Å². The number of carbonyl (C=O) groups excluding carboxylic acids is 2. The van der Waals surface area contributed by atoms with E-state index in [1.165, 1.54) is 4.90 Å². The average molecular weight is 265 g/mol. The molecule has 1 N–H and O–H groups in total. The summed E-state index contributed by atoms with van der Waals surface area (Å²) in [5.41, 5.74) is 0.854. The summed E-state index contributed by atoms with van der Waals surface area (Å²) in [7, 11) is 0. The smallest absolute Gasteiger partial charge is 0.229 e. The van der Waals surface area contributed by atoms with E-state index in [-0.39, 0.29) is 11.8 Å². The zero-order valence-corrected chi connectivity index (χ0v) is 11.3. The zero-order valence-electron chi connectivity index (χ0n) is 11.3. The van der Waals surface area contributed by atoms with Crippen molar-refractivity contribution in [1.29, 1.82) is 0 Å². The quantitative estimate of drug-likeness (QED) is 0.728. The van der Waals surface area contributed by atoms with E-state index in [1.807, 2.05) is 6.20 Å². The van der Waals surface area contributed by atoms with Gasteiger partial charge >= 0.3 is 0 Å². The van der Waals surface area contributed by atoms with Crippen molar-refractivity contribution >= 4 is 11.8 Å². The van der Waals surface area contributed by atoms with E-state index in [0.717, 1.165) is 5.69 Å². The molecule has 0 unspecified atom stereocenters. The van der Waals surface area contributed by atoms with Gasteiger partial charge in [0.25, 0.3) is 0 Å². The Labute approximate surface area is 112 Å². The van der Waals surface area contributed by atoms with Crippen LogP contribution in [0.4, 0.5) is 0 Å². The number of nitrogens with one attached hydrogen (secondary N) is 1. The van der Waals surface area contributed by atoms with Gasteiger partial charge in [-0.25, -0.2) is 0 Å². The minimum atomic E-state index is -0.0909. The predicted molar refractivity (Wildman–Crippen MR) is 68.0 cm³/mol. The molecule has 104 valence electrons. The molecule has 0 saturated carbocycles. The predicted octanol–water partition coefficient (Wildman–Crippen LogP) is -0.0749. The number of imide groups is 1. The third-order valence-electron chi connectivity index (χ3n) is 2.99. The Bertz CT molecular complexity index is 452. The summed E-state index contributed by atoms with van der Waals surface area (Å²) in [4.78, 5) is 24.2. The molecule has 0 aromatic carbocycles. The van der Waals surface area contributed by atoms with Crippen LogP contribution in [0.5, 0.6) is 0 Å². The molecule has 2 heterocycles. The fourth-order valence-corrected chi connectivity index (χ4v) is 1.91. The summed E-state index contributed by atoms with van der Waals surface area (Å²) < 4.78 is 1.66. The molecular formula is C12H19N5O2. The van der Waals surface area contributed by atoms with Crippen LogP contribution in [0.25, 0.3) is 0 Å². The number of amides is 2. The summed E-state index contributed by atoms with van der Waals surface area (Å²) in [6.07, 6.45) is 2.50. The molecule has 1 fully saturated rings. The highest BCUT2D eigenvalue weighted by Crippen LogP contribution is 2.11. The van der Waals surface area contributed by atoms with Gasteiger partial charge in [-0.05, 0) is 0 Å². The topological polar surface area (TPSA) is 80.1 Å². The summed E-state index contributed by atoms with van der Waals surface area (Å²) in [5, 5.41) is 11.3. The Morgan fingerprint density at radius 1 is 1.26 bits per heavy atom. The second-order valence-electron chi connectivity index (χ2n) is 4.95. The lowest BCUT2D eigenvalue weighted by atomic mass is 10.3. The Balaban J connectivity index is 1.83. The van der Waals surface area contributed by atoms with Gasteiger partial charge in [0.1, 0.15) is 0 Å². The lowest BCUT2D eigenvalue weighted by Gasteiger charge is -2.12. The molecule has 0 radical (unpaired) electrons. The van der Waals surface area contributed by atoms with Crippen molar-refractivity contribution in [3.63, 3.8) is 0 Å². The van der Waals surface area contributed by atoms with Crippen molar-refractivity contribution in [3.8, 4) is 0 Å². The van der Waals surface area contributed by atoms with E-state index < -0.39 is 0 Å². The molecule has 1 aromatic heterocycles. The van der Waals surface area contributed by atoms with E-state index in [4.69, 9.17) is 0 Å². The number of carbonyl (C=O) groups is 2. The Hall–Kier alpha value is -1.76. The molecule has 0 spiro atoms. The molecule has 1 aliphatic heterocycles. The lowest BCUT2D eigenvalue weighted by Crippen LogP contribution is -2.32. The summed E-state index contributed by atoms with van der Waals surface area (Å²) in [6, 6.07) is 0.394. The van der Waals surface area contributed by atoms with Crippen LogP contribution < -0.4 is 5.32 Å². The fourth-order valence-electron chi connectivity index (χ4n) is 1.91. The third kappa shape index (κ3) is 3.60. The van der Waals surface area contributed by atoms with Gasteiger partial charge in [-0.15, -0.1) is 5.10 Å². The zero-order chi connectivity index (χ0) is 13.8. The first-order valence-electron chi connectivity index (χ1n) is 6.52. The Morgan fingerprint density at radius 2 is 1.95 bits per heavy atom. The fraction of sp³-hybridized carbons (Fsp3) is 0.667. The number of hydrogen-bond donors (Lipinski definition) is 1. The van der Waals surface area contributed by atoms with Crippen LogP contribution in [0.2, 0.25) is 0 Å². The molecule has 2 amide bonds. The van der Waals surface area contributed by atoms with E-state index >= 15 is 0 Å². The molecule has 7 nitrogen and oxygen atoms in total. The summed E-state index contributed by atoms with van der Waals surface area (Å²) >= 11 is 0. The van der Waals surface area contributed by atoms with Crippen molar-refractivity contribution in [1.82, 2.24) is 25.2 Å². The lowest BCUT2D eigenvalue weighted by molar-refractivity contribution is -0.138. The van der Waals surface area contributed by atoms with Crippen molar-refractivity contribution in [2.75, 3.05) is 6.54 Å². The molecule has 0 atom stereocenters. The van der Waals surface area contributed by atoms with Crippen molar-refractivity contribution in [2.24, 2.45) is 0 Å². The van der Waals surface area contributed by atoms with Crippen molar-refractivity contribution in [3.05, 3.63) is 11.9 Å². The molecule has 0 aliphatic carbocycles. The van der Waals surface area contributed by atoms with Gasteiger partial charge in [-0.3, -0.25) is 19.2 Å². The maximum atomic E-state index is 11.4. The number of hydrogen-bond acceptors (Lipinski definition) is 5. The van der Waals surface area contributed by atoms with Gasteiger partial charge in [0, 0.05) is 38.2 Å². The second-order valence-corrected chi connectivity index (χ2v) is 4.95. The highest BCUT2D eigenvalue weighted by Gasteiger charge is 2.28. The molecule has 19 heavy (non-hydrogen) atoms. The third-order valence-corrected chi connectivity index (χ3v) is 2.99. The first-order valence-corrected chi connectivity index (χ1v) is 6.52. The van der Waals surface area contributed by atoms with Crippen molar-refractivity contribution < 1.29 is 9.59 Å². The summed E-state index contributed by atoms with van der Waals surface area (Å²) in [6.45, 7) is 5.66. The van der Waals surface area contributed by atoms with E-state index in [0.29, 0.717) is 38.5 Å². The van der Waals surface area contributed by atoms with Crippen LogP contribution in [0.1, 0.15) is 32.4 Å². The molecule has 1 aromatic rings. The van der Waals surface area contributed by atoms with Gasteiger partial charge in [0.15, 0.2) is 0 Å². The molecule has 1 aliphatic rings. The van der Waals surface area contributed by atoms with Crippen LogP contribution in [0.3, 0.4) is 0 Å². The maximum absolute atomic E-state index is 11.4. The molecular weight excluding hydrogens is 246 g/mol. The number of rotatable bonds is 6. The molecule has 7 heteroatoms. The molecule has 2 rings (SSSR count). The van der Waals surface area contributed by atoms with Crippen LogP contribution in [0, 0.1) is 0 Å². The van der Waals surface area contributed by atoms with Crippen LogP contribution in [-0.2, 0) is 22.7 Å².